The van der Waals surface area contributed by atoms with Gasteiger partial charge in [-0.2, -0.15) is 0 Å². The zero-order valence-corrected chi connectivity index (χ0v) is 13.4. The third-order valence-corrected chi connectivity index (χ3v) is 3.47. The van der Waals surface area contributed by atoms with Crippen molar-refractivity contribution in [3.63, 3.8) is 0 Å². The van der Waals surface area contributed by atoms with Gasteiger partial charge in [-0.05, 0) is 36.1 Å². The standard InChI is InChI=1S/C19H23NO2/c1-14(2)17-8-5-9-18(11-17)22-13-19(21)20-12-16-7-4-6-15(3)10-16/h4-11,14H,12-13H2,1-3H3,(H,20,21). The minimum atomic E-state index is -0.114. The summed E-state index contributed by atoms with van der Waals surface area (Å²) in [5, 5.41) is 2.87. The Morgan fingerprint density at radius 2 is 1.91 bits per heavy atom. The van der Waals surface area contributed by atoms with Gasteiger partial charge in [0.05, 0.1) is 0 Å². The Morgan fingerprint density at radius 3 is 2.64 bits per heavy atom. The van der Waals surface area contributed by atoms with E-state index < -0.39 is 0 Å². The van der Waals surface area contributed by atoms with Crippen molar-refractivity contribution in [1.82, 2.24) is 5.32 Å². The number of aryl methyl sites for hydroxylation is 1. The lowest BCUT2D eigenvalue weighted by atomic mass is 10.0. The van der Waals surface area contributed by atoms with E-state index in [2.05, 4.69) is 31.3 Å². The van der Waals surface area contributed by atoms with Gasteiger partial charge in [0.2, 0.25) is 0 Å². The second-order valence-electron chi connectivity index (χ2n) is 5.78. The fourth-order valence-corrected chi connectivity index (χ4v) is 2.19. The molecule has 0 aliphatic rings. The minimum Gasteiger partial charge on any atom is -0.484 e. The number of hydrogen-bond donors (Lipinski definition) is 1. The molecule has 0 aliphatic carbocycles. The summed E-state index contributed by atoms with van der Waals surface area (Å²) in [6, 6.07) is 16.0. The molecule has 0 aliphatic heterocycles. The Morgan fingerprint density at radius 1 is 1.14 bits per heavy atom. The van der Waals surface area contributed by atoms with E-state index in [9.17, 15) is 4.79 Å². The maximum atomic E-state index is 11.9. The molecule has 0 saturated carbocycles. The molecule has 0 heterocycles. The van der Waals surface area contributed by atoms with Crippen LogP contribution in [0.5, 0.6) is 5.75 Å². The van der Waals surface area contributed by atoms with Crippen LogP contribution in [-0.4, -0.2) is 12.5 Å². The Bertz CT molecular complexity index is 635. The van der Waals surface area contributed by atoms with Crippen LogP contribution < -0.4 is 10.1 Å². The molecule has 0 fully saturated rings. The van der Waals surface area contributed by atoms with E-state index in [1.807, 2.05) is 43.3 Å². The first-order chi connectivity index (χ1) is 10.5. The largest absolute Gasteiger partial charge is 0.484 e. The second kappa shape index (κ2) is 7.64. The zero-order valence-electron chi connectivity index (χ0n) is 13.4. The summed E-state index contributed by atoms with van der Waals surface area (Å²) >= 11 is 0. The second-order valence-corrected chi connectivity index (χ2v) is 5.78. The molecule has 2 rings (SSSR count). The van der Waals surface area contributed by atoms with Crippen LogP contribution in [0.25, 0.3) is 0 Å². The highest BCUT2D eigenvalue weighted by atomic mass is 16.5. The van der Waals surface area contributed by atoms with Gasteiger partial charge in [-0.25, -0.2) is 0 Å². The highest BCUT2D eigenvalue weighted by Gasteiger charge is 2.05. The molecule has 2 aromatic carbocycles. The van der Waals surface area contributed by atoms with Crippen molar-refractivity contribution >= 4 is 5.91 Å². The van der Waals surface area contributed by atoms with Gasteiger partial charge in [0.1, 0.15) is 5.75 Å². The molecule has 0 aromatic heterocycles. The van der Waals surface area contributed by atoms with Crippen LogP contribution in [0.3, 0.4) is 0 Å². The van der Waals surface area contributed by atoms with Gasteiger partial charge in [-0.3, -0.25) is 4.79 Å². The van der Waals surface area contributed by atoms with E-state index >= 15 is 0 Å². The van der Waals surface area contributed by atoms with Crippen LogP contribution in [-0.2, 0) is 11.3 Å². The van der Waals surface area contributed by atoms with Crippen molar-refractivity contribution < 1.29 is 9.53 Å². The lowest BCUT2D eigenvalue weighted by Gasteiger charge is -2.10. The van der Waals surface area contributed by atoms with Crippen LogP contribution in [0.15, 0.2) is 48.5 Å². The van der Waals surface area contributed by atoms with Gasteiger partial charge in [0.25, 0.3) is 5.91 Å². The van der Waals surface area contributed by atoms with E-state index in [1.54, 1.807) is 0 Å². The Hall–Kier alpha value is -2.29. The molecule has 0 spiro atoms. The van der Waals surface area contributed by atoms with Gasteiger partial charge in [0, 0.05) is 6.54 Å². The first-order valence-corrected chi connectivity index (χ1v) is 7.59. The number of amides is 1. The predicted molar refractivity (Wildman–Crippen MR) is 89.1 cm³/mol. The van der Waals surface area contributed by atoms with E-state index in [0.717, 1.165) is 11.3 Å². The lowest BCUT2D eigenvalue weighted by molar-refractivity contribution is -0.123. The fraction of sp³-hybridized carbons (Fsp3) is 0.316. The summed E-state index contributed by atoms with van der Waals surface area (Å²) in [5.41, 5.74) is 3.49. The first-order valence-electron chi connectivity index (χ1n) is 7.59. The van der Waals surface area contributed by atoms with Crippen molar-refractivity contribution in [3.05, 3.63) is 65.2 Å². The summed E-state index contributed by atoms with van der Waals surface area (Å²) in [6.45, 7) is 6.86. The third kappa shape index (κ3) is 4.92. The van der Waals surface area contributed by atoms with Crippen molar-refractivity contribution in [2.24, 2.45) is 0 Å². The molecule has 0 atom stereocenters. The third-order valence-electron chi connectivity index (χ3n) is 3.47. The van der Waals surface area contributed by atoms with Gasteiger partial charge in [0.15, 0.2) is 6.61 Å². The van der Waals surface area contributed by atoms with Gasteiger partial charge in [-0.1, -0.05) is 55.8 Å². The molecule has 1 N–H and O–H groups in total. The first kappa shape index (κ1) is 16.1. The normalized spacial score (nSPS) is 10.5. The Kier molecular flexibility index (Phi) is 5.59. The van der Waals surface area contributed by atoms with Crippen molar-refractivity contribution in [2.45, 2.75) is 33.2 Å². The molecule has 0 bridgehead atoms. The molecule has 22 heavy (non-hydrogen) atoms. The monoisotopic (exact) mass is 297 g/mol. The van der Waals surface area contributed by atoms with Crippen molar-refractivity contribution in [3.8, 4) is 5.75 Å². The van der Waals surface area contributed by atoms with E-state index in [-0.39, 0.29) is 12.5 Å². The molecular formula is C19H23NO2. The number of carbonyl (C=O) groups excluding carboxylic acids is 1. The fourth-order valence-electron chi connectivity index (χ4n) is 2.19. The predicted octanol–water partition coefficient (Wildman–Crippen LogP) is 3.81. The van der Waals surface area contributed by atoms with Crippen LogP contribution in [0.4, 0.5) is 0 Å². The maximum Gasteiger partial charge on any atom is 0.258 e. The van der Waals surface area contributed by atoms with E-state index in [1.165, 1.54) is 11.1 Å². The molecule has 1 amide bonds. The van der Waals surface area contributed by atoms with E-state index in [4.69, 9.17) is 4.74 Å². The van der Waals surface area contributed by atoms with Crippen LogP contribution >= 0.6 is 0 Å². The Balaban J connectivity index is 1.81. The van der Waals surface area contributed by atoms with Gasteiger partial charge in [-0.15, -0.1) is 0 Å². The highest BCUT2D eigenvalue weighted by molar-refractivity contribution is 5.77. The number of ether oxygens (including phenoxy) is 1. The summed E-state index contributed by atoms with van der Waals surface area (Å²) < 4.78 is 5.56. The average Bonchev–Trinajstić information content (AvgIpc) is 2.51. The maximum absolute atomic E-state index is 11.9. The van der Waals surface area contributed by atoms with E-state index in [0.29, 0.717) is 12.5 Å². The van der Waals surface area contributed by atoms with Gasteiger partial charge < -0.3 is 10.1 Å². The summed E-state index contributed by atoms with van der Waals surface area (Å²) in [7, 11) is 0. The summed E-state index contributed by atoms with van der Waals surface area (Å²) in [4.78, 5) is 11.9. The summed E-state index contributed by atoms with van der Waals surface area (Å²) in [5.74, 6) is 1.06. The minimum absolute atomic E-state index is 0.0351. The van der Waals surface area contributed by atoms with Crippen LogP contribution in [0.2, 0.25) is 0 Å². The molecule has 3 nitrogen and oxygen atoms in total. The molecule has 2 aromatic rings. The molecule has 0 saturated heterocycles. The van der Waals surface area contributed by atoms with Crippen LogP contribution in [0, 0.1) is 6.92 Å². The number of rotatable bonds is 6. The smallest absolute Gasteiger partial charge is 0.258 e. The number of hydrogen-bond acceptors (Lipinski definition) is 2. The number of nitrogens with one attached hydrogen (secondary N) is 1. The molecule has 0 unspecified atom stereocenters. The zero-order chi connectivity index (χ0) is 15.9. The SMILES string of the molecule is Cc1cccc(CNC(=O)COc2cccc(C(C)C)c2)c1. The average molecular weight is 297 g/mol. The highest BCUT2D eigenvalue weighted by Crippen LogP contribution is 2.19. The molecular weight excluding hydrogens is 274 g/mol. The lowest BCUT2D eigenvalue weighted by Crippen LogP contribution is -2.28. The number of benzene rings is 2. The molecule has 116 valence electrons. The van der Waals surface area contributed by atoms with Gasteiger partial charge >= 0.3 is 0 Å². The van der Waals surface area contributed by atoms with Crippen LogP contribution in [0.1, 0.15) is 36.5 Å². The summed E-state index contributed by atoms with van der Waals surface area (Å²) in [6.07, 6.45) is 0. The van der Waals surface area contributed by atoms with Crippen molar-refractivity contribution in [1.29, 1.82) is 0 Å². The van der Waals surface area contributed by atoms with Crippen molar-refractivity contribution in [2.75, 3.05) is 6.61 Å². The molecule has 3 heteroatoms. The number of carbonyl (C=O) groups is 1. The Labute approximate surface area is 132 Å². The topological polar surface area (TPSA) is 38.3 Å². The molecule has 0 radical (unpaired) electrons. The quantitative estimate of drug-likeness (QED) is 0.880.